The second kappa shape index (κ2) is 10.3. The maximum Gasteiger partial charge on any atom is 0.410 e. The van der Waals surface area contributed by atoms with E-state index >= 15 is 0 Å². The first-order chi connectivity index (χ1) is 13.7. The summed E-state index contributed by atoms with van der Waals surface area (Å²) in [4.78, 5) is 14.6. The highest BCUT2D eigenvalue weighted by Crippen LogP contribution is 2.15. The third-order valence-electron chi connectivity index (χ3n) is 4.58. The van der Waals surface area contributed by atoms with Crippen LogP contribution in [0.4, 0.5) is 4.79 Å². The van der Waals surface area contributed by atoms with Crippen LogP contribution in [0.25, 0.3) is 0 Å². The Morgan fingerprint density at radius 1 is 0.750 bits per heavy atom. The van der Waals surface area contributed by atoms with Gasteiger partial charge in [0.25, 0.3) is 0 Å². The maximum absolute atomic E-state index is 12.8. The van der Waals surface area contributed by atoms with Crippen LogP contribution in [-0.2, 0) is 30.9 Å². The molecule has 0 aliphatic rings. The topological polar surface area (TPSA) is 29.5 Å². The molecule has 0 unspecified atom stereocenters. The minimum absolute atomic E-state index is 0.279. The van der Waals surface area contributed by atoms with E-state index in [-0.39, 0.29) is 12.7 Å². The van der Waals surface area contributed by atoms with Crippen LogP contribution in [0, 0.1) is 0 Å². The minimum atomic E-state index is -0.298. The van der Waals surface area contributed by atoms with Crippen molar-refractivity contribution in [1.29, 1.82) is 0 Å². The summed E-state index contributed by atoms with van der Waals surface area (Å²) in [6.45, 7) is 3.50. The van der Waals surface area contributed by atoms with Crippen molar-refractivity contribution >= 4 is 6.09 Å². The van der Waals surface area contributed by atoms with E-state index in [1.807, 2.05) is 60.7 Å². The lowest BCUT2D eigenvalue weighted by atomic mass is 10.1. The number of rotatable bonds is 8. The van der Waals surface area contributed by atoms with Gasteiger partial charge in [-0.1, -0.05) is 98.3 Å². The summed E-state index contributed by atoms with van der Waals surface area (Å²) in [6.07, 6.45) is 1.86. The average Bonchev–Trinajstić information content (AvgIpc) is 2.74. The van der Waals surface area contributed by atoms with Crippen molar-refractivity contribution < 1.29 is 9.53 Å². The number of benzene rings is 3. The normalized spacial score (nSPS) is 10.5. The third kappa shape index (κ3) is 5.98. The zero-order valence-corrected chi connectivity index (χ0v) is 16.4. The molecular formula is C25H27NO2. The van der Waals surface area contributed by atoms with Gasteiger partial charge >= 0.3 is 6.09 Å². The summed E-state index contributed by atoms with van der Waals surface area (Å²) < 4.78 is 5.60. The van der Waals surface area contributed by atoms with Crippen LogP contribution in [0.15, 0.2) is 84.9 Å². The molecule has 3 aromatic rings. The van der Waals surface area contributed by atoms with Gasteiger partial charge in [0, 0.05) is 13.1 Å². The minimum Gasteiger partial charge on any atom is -0.445 e. The van der Waals surface area contributed by atoms with E-state index in [0.29, 0.717) is 13.1 Å². The van der Waals surface area contributed by atoms with E-state index in [0.717, 1.165) is 29.5 Å². The largest absolute Gasteiger partial charge is 0.445 e. The van der Waals surface area contributed by atoms with Gasteiger partial charge in [0.15, 0.2) is 0 Å². The number of aryl methyl sites for hydroxylation is 1. The summed E-state index contributed by atoms with van der Waals surface area (Å²) in [5.74, 6) is 0. The molecule has 3 heteroatoms. The highest BCUT2D eigenvalue weighted by Gasteiger charge is 2.16. The van der Waals surface area contributed by atoms with Gasteiger partial charge in [0.05, 0.1) is 0 Å². The Labute approximate surface area is 167 Å². The van der Waals surface area contributed by atoms with Gasteiger partial charge < -0.3 is 4.74 Å². The quantitative estimate of drug-likeness (QED) is 0.486. The zero-order chi connectivity index (χ0) is 19.6. The first-order valence-electron chi connectivity index (χ1n) is 9.82. The molecule has 3 rings (SSSR count). The number of hydrogen-bond acceptors (Lipinski definition) is 2. The molecule has 28 heavy (non-hydrogen) atoms. The molecule has 144 valence electrons. The summed E-state index contributed by atoms with van der Waals surface area (Å²) in [5.41, 5.74) is 4.50. The molecule has 3 nitrogen and oxygen atoms in total. The number of carbonyl (C=O) groups excluding carboxylic acids is 1. The van der Waals surface area contributed by atoms with Crippen LogP contribution >= 0.6 is 0 Å². The lowest BCUT2D eigenvalue weighted by Crippen LogP contribution is -2.30. The number of nitrogens with zero attached hydrogens (tertiary/aromatic N) is 1. The molecule has 0 bridgehead atoms. The summed E-state index contributed by atoms with van der Waals surface area (Å²) in [6, 6.07) is 28.3. The van der Waals surface area contributed by atoms with Gasteiger partial charge in [-0.2, -0.15) is 0 Å². The Morgan fingerprint density at radius 3 is 2.00 bits per heavy atom. The molecule has 0 saturated heterocycles. The van der Waals surface area contributed by atoms with E-state index in [9.17, 15) is 4.79 Å². The van der Waals surface area contributed by atoms with E-state index in [4.69, 9.17) is 4.74 Å². The van der Waals surface area contributed by atoms with Crippen molar-refractivity contribution in [3.05, 3.63) is 107 Å². The molecule has 0 spiro atoms. The fourth-order valence-electron chi connectivity index (χ4n) is 3.19. The van der Waals surface area contributed by atoms with E-state index in [1.54, 1.807) is 4.90 Å². The van der Waals surface area contributed by atoms with Gasteiger partial charge in [0.2, 0.25) is 0 Å². The van der Waals surface area contributed by atoms with Crippen LogP contribution < -0.4 is 0 Å². The monoisotopic (exact) mass is 373 g/mol. The molecule has 0 N–H and O–H groups in total. The number of ether oxygens (including phenoxy) is 1. The molecule has 0 radical (unpaired) electrons. The standard InChI is InChI=1S/C25H27NO2/c1-2-10-21-15-9-16-24(17-21)19-26(18-22-11-5-3-6-12-22)25(27)28-20-23-13-7-4-8-14-23/h3-9,11-17H,2,10,18-20H2,1H3. The maximum atomic E-state index is 12.8. The van der Waals surface area contributed by atoms with Gasteiger partial charge in [-0.3, -0.25) is 4.90 Å². The second-order valence-corrected chi connectivity index (χ2v) is 6.95. The Balaban J connectivity index is 1.72. The Kier molecular flexibility index (Phi) is 7.25. The van der Waals surface area contributed by atoms with Crippen molar-refractivity contribution in [3.63, 3.8) is 0 Å². The molecule has 0 atom stereocenters. The Hall–Kier alpha value is -3.07. The van der Waals surface area contributed by atoms with E-state index in [2.05, 4.69) is 31.2 Å². The molecule has 0 heterocycles. The second-order valence-electron chi connectivity index (χ2n) is 6.95. The summed E-state index contributed by atoms with van der Waals surface area (Å²) in [7, 11) is 0. The fraction of sp³-hybridized carbons (Fsp3) is 0.240. The van der Waals surface area contributed by atoms with Gasteiger partial charge in [-0.05, 0) is 28.7 Å². The molecule has 0 aliphatic heterocycles. The van der Waals surface area contributed by atoms with Crippen molar-refractivity contribution in [2.75, 3.05) is 0 Å². The fourth-order valence-corrected chi connectivity index (χ4v) is 3.19. The summed E-state index contributed by atoms with van der Waals surface area (Å²) in [5, 5.41) is 0. The van der Waals surface area contributed by atoms with Crippen molar-refractivity contribution in [3.8, 4) is 0 Å². The zero-order valence-electron chi connectivity index (χ0n) is 16.4. The third-order valence-corrected chi connectivity index (χ3v) is 4.58. The molecule has 0 aliphatic carbocycles. The van der Waals surface area contributed by atoms with E-state index in [1.165, 1.54) is 5.56 Å². The SMILES string of the molecule is CCCc1cccc(CN(Cc2ccccc2)C(=O)OCc2ccccc2)c1. The Morgan fingerprint density at radius 2 is 1.32 bits per heavy atom. The van der Waals surface area contributed by atoms with Crippen LogP contribution in [0.5, 0.6) is 0 Å². The van der Waals surface area contributed by atoms with Gasteiger partial charge in [-0.15, -0.1) is 0 Å². The lowest BCUT2D eigenvalue weighted by molar-refractivity contribution is 0.0910. The lowest BCUT2D eigenvalue weighted by Gasteiger charge is -2.23. The van der Waals surface area contributed by atoms with Crippen LogP contribution in [0.2, 0.25) is 0 Å². The first-order valence-corrected chi connectivity index (χ1v) is 9.82. The number of amides is 1. The molecule has 1 amide bonds. The first kappa shape index (κ1) is 19.7. The molecule has 3 aromatic carbocycles. The number of carbonyl (C=O) groups is 1. The smallest absolute Gasteiger partial charge is 0.410 e. The van der Waals surface area contributed by atoms with E-state index < -0.39 is 0 Å². The van der Waals surface area contributed by atoms with Crippen molar-refractivity contribution in [1.82, 2.24) is 4.90 Å². The highest BCUT2D eigenvalue weighted by atomic mass is 16.6. The van der Waals surface area contributed by atoms with Gasteiger partial charge in [0.1, 0.15) is 6.61 Å². The molecule has 0 fully saturated rings. The van der Waals surface area contributed by atoms with Gasteiger partial charge in [-0.25, -0.2) is 4.79 Å². The Bertz CT molecular complexity index is 862. The average molecular weight is 373 g/mol. The predicted octanol–water partition coefficient (Wildman–Crippen LogP) is 5.98. The van der Waals surface area contributed by atoms with Crippen molar-refractivity contribution in [2.24, 2.45) is 0 Å². The predicted molar refractivity (Wildman–Crippen MR) is 113 cm³/mol. The molecule has 0 saturated carbocycles. The molecular weight excluding hydrogens is 346 g/mol. The summed E-state index contributed by atoms with van der Waals surface area (Å²) >= 11 is 0. The molecule has 0 aromatic heterocycles. The highest BCUT2D eigenvalue weighted by molar-refractivity contribution is 5.67. The number of hydrogen-bond donors (Lipinski definition) is 0. The van der Waals surface area contributed by atoms with Crippen LogP contribution in [-0.4, -0.2) is 11.0 Å². The van der Waals surface area contributed by atoms with Crippen LogP contribution in [0.1, 0.15) is 35.6 Å². The van der Waals surface area contributed by atoms with Crippen molar-refractivity contribution in [2.45, 2.75) is 39.5 Å². The van der Waals surface area contributed by atoms with Crippen LogP contribution in [0.3, 0.4) is 0 Å².